The van der Waals surface area contributed by atoms with Crippen LogP contribution in [0.5, 0.6) is 0 Å². The summed E-state index contributed by atoms with van der Waals surface area (Å²) in [4.78, 5) is 28.7. The van der Waals surface area contributed by atoms with Crippen molar-refractivity contribution in [2.75, 3.05) is 5.32 Å². The standard InChI is InChI=1S/C18H15Cl2N3O2S/c1-10-5-7-11(8-6-10)21-18-23-17(25)14(26-18)9-15(24)22-13-4-2-3-12(19)16(13)20/h2-8,14H,9H2,1H3,(H,22,24)(H,21,23,25)/t14-/m0/s1. The molecule has 1 aliphatic rings. The Balaban J connectivity index is 1.63. The molecule has 1 saturated heterocycles. The molecule has 8 heteroatoms. The second-order valence-electron chi connectivity index (χ2n) is 5.70. The Morgan fingerprint density at radius 1 is 1.23 bits per heavy atom. The van der Waals surface area contributed by atoms with E-state index in [-0.39, 0.29) is 23.3 Å². The number of aryl methyl sites for hydroxylation is 1. The van der Waals surface area contributed by atoms with Gasteiger partial charge in [-0.15, -0.1) is 0 Å². The zero-order chi connectivity index (χ0) is 18.7. The lowest BCUT2D eigenvalue weighted by atomic mass is 10.2. The summed E-state index contributed by atoms with van der Waals surface area (Å²) in [5, 5.41) is 5.95. The average Bonchev–Trinajstić information content (AvgIpc) is 2.93. The van der Waals surface area contributed by atoms with Crippen LogP contribution < -0.4 is 10.6 Å². The van der Waals surface area contributed by atoms with Crippen LogP contribution in [0.4, 0.5) is 11.4 Å². The van der Waals surface area contributed by atoms with Gasteiger partial charge in [0.15, 0.2) is 5.17 Å². The summed E-state index contributed by atoms with van der Waals surface area (Å²) in [5.41, 5.74) is 2.29. The number of anilines is 1. The van der Waals surface area contributed by atoms with E-state index in [1.54, 1.807) is 18.2 Å². The highest BCUT2D eigenvalue weighted by atomic mass is 35.5. The number of hydrogen-bond donors (Lipinski definition) is 2. The van der Waals surface area contributed by atoms with Gasteiger partial charge in [0.2, 0.25) is 11.8 Å². The quantitative estimate of drug-likeness (QED) is 0.780. The van der Waals surface area contributed by atoms with Crippen LogP contribution in [-0.4, -0.2) is 22.2 Å². The summed E-state index contributed by atoms with van der Waals surface area (Å²) in [6.07, 6.45) is 0.00621. The van der Waals surface area contributed by atoms with Gasteiger partial charge in [-0.1, -0.05) is 58.7 Å². The zero-order valence-corrected chi connectivity index (χ0v) is 16.1. The molecular formula is C18H15Cl2N3O2S. The molecule has 0 aliphatic carbocycles. The first kappa shape index (κ1) is 18.8. The molecule has 134 valence electrons. The number of nitrogens with zero attached hydrogens (tertiary/aromatic N) is 1. The van der Waals surface area contributed by atoms with Crippen molar-refractivity contribution in [3.8, 4) is 0 Å². The molecule has 2 aromatic carbocycles. The van der Waals surface area contributed by atoms with Crippen molar-refractivity contribution in [2.24, 2.45) is 4.99 Å². The number of aliphatic imine (C=N–C) groups is 1. The number of amidine groups is 1. The van der Waals surface area contributed by atoms with Gasteiger partial charge >= 0.3 is 0 Å². The first-order chi connectivity index (χ1) is 12.4. The maximum absolute atomic E-state index is 12.2. The first-order valence-electron chi connectivity index (χ1n) is 7.79. The van der Waals surface area contributed by atoms with Crippen molar-refractivity contribution in [1.82, 2.24) is 5.32 Å². The normalized spacial score (nSPS) is 18.0. The summed E-state index contributed by atoms with van der Waals surface area (Å²) in [6.45, 7) is 1.99. The summed E-state index contributed by atoms with van der Waals surface area (Å²) < 4.78 is 0. The van der Waals surface area contributed by atoms with Crippen LogP contribution in [0, 0.1) is 6.92 Å². The van der Waals surface area contributed by atoms with Crippen molar-refractivity contribution in [3.63, 3.8) is 0 Å². The highest BCUT2D eigenvalue weighted by Gasteiger charge is 2.32. The molecule has 1 aliphatic heterocycles. The van der Waals surface area contributed by atoms with E-state index in [4.69, 9.17) is 23.2 Å². The largest absolute Gasteiger partial charge is 0.325 e. The van der Waals surface area contributed by atoms with Gasteiger partial charge in [0.1, 0.15) is 5.25 Å². The number of amides is 2. The van der Waals surface area contributed by atoms with Gasteiger partial charge in [0, 0.05) is 6.42 Å². The molecule has 1 atom stereocenters. The Bertz CT molecular complexity index is 885. The number of nitrogens with one attached hydrogen (secondary N) is 2. The number of hydrogen-bond acceptors (Lipinski definition) is 4. The molecule has 3 rings (SSSR count). The van der Waals surface area contributed by atoms with E-state index < -0.39 is 5.25 Å². The van der Waals surface area contributed by atoms with Gasteiger partial charge in [-0.25, -0.2) is 4.99 Å². The lowest BCUT2D eigenvalue weighted by Crippen LogP contribution is -2.28. The van der Waals surface area contributed by atoms with Gasteiger partial charge in [-0.2, -0.15) is 0 Å². The van der Waals surface area contributed by atoms with Crippen LogP contribution in [0.25, 0.3) is 0 Å². The second kappa shape index (κ2) is 8.12. The van der Waals surface area contributed by atoms with Crippen LogP contribution in [0.15, 0.2) is 47.5 Å². The lowest BCUT2D eigenvalue weighted by molar-refractivity contribution is -0.122. The first-order valence-corrected chi connectivity index (χ1v) is 9.42. The molecule has 26 heavy (non-hydrogen) atoms. The van der Waals surface area contributed by atoms with Gasteiger partial charge in [-0.05, 0) is 31.2 Å². The van der Waals surface area contributed by atoms with E-state index >= 15 is 0 Å². The molecule has 0 bridgehead atoms. The molecule has 0 saturated carbocycles. The molecule has 5 nitrogen and oxygen atoms in total. The molecule has 1 fully saturated rings. The SMILES string of the molecule is Cc1ccc(N=C2NC(=O)[C@H](CC(=O)Nc3cccc(Cl)c3Cl)S2)cc1. The van der Waals surface area contributed by atoms with E-state index in [2.05, 4.69) is 15.6 Å². The fraction of sp³-hybridized carbons (Fsp3) is 0.167. The Morgan fingerprint density at radius 2 is 1.96 bits per heavy atom. The number of carbonyl (C=O) groups is 2. The van der Waals surface area contributed by atoms with Crippen molar-refractivity contribution in [2.45, 2.75) is 18.6 Å². The third-order valence-corrected chi connectivity index (χ3v) is 5.54. The minimum atomic E-state index is -0.544. The van der Waals surface area contributed by atoms with Crippen molar-refractivity contribution < 1.29 is 9.59 Å². The fourth-order valence-electron chi connectivity index (χ4n) is 2.30. The minimum absolute atomic E-state index is 0.00621. The molecule has 0 aromatic heterocycles. The summed E-state index contributed by atoms with van der Waals surface area (Å²) in [5.74, 6) is -0.563. The number of thioether (sulfide) groups is 1. The third kappa shape index (κ3) is 4.58. The van der Waals surface area contributed by atoms with Gasteiger partial charge in [0.05, 0.1) is 21.4 Å². The predicted octanol–water partition coefficient (Wildman–Crippen LogP) is 4.55. The van der Waals surface area contributed by atoms with E-state index in [1.807, 2.05) is 31.2 Å². The molecule has 0 radical (unpaired) electrons. The van der Waals surface area contributed by atoms with Crippen molar-refractivity contribution in [1.29, 1.82) is 0 Å². The van der Waals surface area contributed by atoms with E-state index in [9.17, 15) is 9.59 Å². The smallest absolute Gasteiger partial charge is 0.240 e. The Labute approximate surface area is 165 Å². The maximum atomic E-state index is 12.2. The molecule has 2 amide bonds. The molecule has 0 spiro atoms. The number of halogens is 2. The number of rotatable bonds is 4. The summed E-state index contributed by atoms with van der Waals surface area (Å²) >= 11 is 13.2. The number of carbonyl (C=O) groups excluding carboxylic acids is 2. The van der Waals surface area contributed by atoms with Crippen LogP contribution in [-0.2, 0) is 9.59 Å². The predicted molar refractivity (Wildman–Crippen MR) is 108 cm³/mol. The Morgan fingerprint density at radius 3 is 2.69 bits per heavy atom. The number of benzene rings is 2. The van der Waals surface area contributed by atoms with E-state index in [1.165, 1.54) is 11.8 Å². The van der Waals surface area contributed by atoms with Crippen LogP contribution in [0.3, 0.4) is 0 Å². The maximum Gasteiger partial charge on any atom is 0.240 e. The van der Waals surface area contributed by atoms with Crippen LogP contribution in [0.1, 0.15) is 12.0 Å². The Hall–Kier alpha value is -2.02. The summed E-state index contributed by atoms with van der Waals surface area (Å²) in [6, 6.07) is 12.6. The molecule has 2 N–H and O–H groups in total. The highest BCUT2D eigenvalue weighted by molar-refractivity contribution is 8.15. The zero-order valence-electron chi connectivity index (χ0n) is 13.8. The van der Waals surface area contributed by atoms with E-state index in [0.29, 0.717) is 15.9 Å². The Kier molecular flexibility index (Phi) is 5.86. The highest BCUT2D eigenvalue weighted by Crippen LogP contribution is 2.30. The van der Waals surface area contributed by atoms with Gasteiger partial charge in [-0.3, -0.25) is 9.59 Å². The monoisotopic (exact) mass is 407 g/mol. The molecule has 2 aromatic rings. The van der Waals surface area contributed by atoms with Crippen LogP contribution >= 0.6 is 35.0 Å². The van der Waals surface area contributed by atoms with Crippen molar-refractivity contribution >= 4 is 63.3 Å². The topological polar surface area (TPSA) is 70.6 Å². The molecule has 0 unspecified atom stereocenters. The molecular weight excluding hydrogens is 393 g/mol. The van der Waals surface area contributed by atoms with Gasteiger partial charge < -0.3 is 10.6 Å². The second-order valence-corrected chi connectivity index (χ2v) is 7.68. The molecule has 1 heterocycles. The average molecular weight is 408 g/mol. The minimum Gasteiger partial charge on any atom is -0.325 e. The fourth-order valence-corrected chi connectivity index (χ4v) is 3.63. The lowest BCUT2D eigenvalue weighted by Gasteiger charge is -2.09. The van der Waals surface area contributed by atoms with Crippen molar-refractivity contribution in [3.05, 3.63) is 58.1 Å². The summed E-state index contributed by atoms with van der Waals surface area (Å²) in [7, 11) is 0. The van der Waals surface area contributed by atoms with Gasteiger partial charge in [0.25, 0.3) is 0 Å². The van der Waals surface area contributed by atoms with Crippen LogP contribution in [0.2, 0.25) is 10.0 Å². The van der Waals surface area contributed by atoms with E-state index in [0.717, 1.165) is 11.3 Å². The third-order valence-electron chi connectivity index (χ3n) is 3.64.